The van der Waals surface area contributed by atoms with Gasteiger partial charge in [-0.05, 0) is 31.5 Å². The highest BCUT2D eigenvalue weighted by molar-refractivity contribution is 7.91. The third kappa shape index (κ3) is 3.61. The first kappa shape index (κ1) is 15.9. The number of hydrogen-bond acceptors (Lipinski definition) is 5. The van der Waals surface area contributed by atoms with Gasteiger partial charge in [0.05, 0.1) is 32.4 Å². The zero-order valence-corrected chi connectivity index (χ0v) is 13.4. The Morgan fingerprint density at radius 3 is 2.71 bits per heavy atom. The third-order valence-electron chi connectivity index (χ3n) is 2.96. The topological polar surface area (TPSA) is 84.3 Å². The van der Waals surface area contributed by atoms with Gasteiger partial charge in [0, 0.05) is 4.88 Å². The van der Waals surface area contributed by atoms with Crippen molar-refractivity contribution in [2.75, 3.05) is 5.75 Å². The monoisotopic (exact) mass is 345 g/mol. The fraction of sp³-hybridized carbons (Fsp3) is 0.231. The molecule has 2 aromatic rings. The van der Waals surface area contributed by atoms with Crippen molar-refractivity contribution in [1.29, 1.82) is 0 Å². The molecule has 0 aliphatic rings. The molecule has 1 aromatic carbocycles. The lowest BCUT2D eigenvalue weighted by molar-refractivity contribution is 0.0696. The number of carboxylic acids is 1. The summed E-state index contributed by atoms with van der Waals surface area (Å²) in [4.78, 5) is 15.7. The molecule has 0 saturated carbocycles. The summed E-state index contributed by atoms with van der Waals surface area (Å²) in [5.74, 6) is -1.33. The highest BCUT2D eigenvalue weighted by Gasteiger charge is 2.21. The van der Waals surface area contributed by atoms with Gasteiger partial charge in [0.25, 0.3) is 0 Å². The van der Waals surface area contributed by atoms with E-state index in [1.54, 1.807) is 5.51 Å². The summed E-state index contributed by atoms with van der Waals surface area (Å²) in [6.07, 6.45) is 0.326. The first-order valence-electron chi connectivity index (χ1n) is 5.96. The van der Waals surface area contributed by atoms with Crippen molar-refractivity contribution in [2.24, 2.45) is 0 Å². The maximum absolute atomic E-state index is 12.3. The van der Waals surface area contributed by atoms with Gasteiger partial charge in [-0.25, -0.2) is 18.2 Å². The Bertz CT molecular complexity index is 783. The van der Waals surface area contributed by atoms with E-state index in [9.17, 15) is 13.2 Å². The molecule has 1 heterocycles. The minimum absolute atomic E-state index is 0.0287. The lowest BCUT2D eigenvalue weighted by Crippen LogP contribution is -2.11. The summed E-state index contributed by atoms with van der Waals surface area (Å²) in [6.45, 7) is 1.82. The molecule has 1 N–H and O–H groups in total. The average molecular weight is 346 g/mol. The van der Waals surface area contributed by atoms with Crippen LogP contribution in [-0.2, 0) is 16.3 Å². The van der Waals surface area contributed by atoms with Crippen molar-refractivity contribution in [2.45, 2.75) is 18.2 Å². The third-order valence-corrected chi connectivity index (χ3v) is 6.14. The van der Waals surface area contributed by atoms with E-state index in [0.29, 0.717) is 6.42 Å². The number of benzene rings is 1. The molecule has 0 atom stereocenters. The molecular formula is C13H12ClNO4S2. The van der Waals surface area contributed by atoms with Gasteiger partial charge in [0.15, 0.2) is 9.84 Å². The number of carboxylic acid groups (broad SMARTS) is 1. The van der Waals surface area contributed by atoms with Crippen LogP contribution in [-0.4, -0.2) is 30.2 Å². The lowest BCUT2D eigenvalue weighted by Gasteiger charge is -2.07. The zero-order valence-electron chi connectivity index (χ0n) is 11.0. The summed E-state index contributed by atoms with van der Waals surface area (Å²) in [5, 5.41) is 8.97. The van der Waals surface area contributed by atoms with Gasteiger partial charge in [-0.2, -0.15) is 0 Å². The van der Waals surface area contributed by atoms with Crippen LogP contribution in [0.25, 0.3) is 0 Å². The number of aromatic carboxylic acids is 1. The summed E-state index contributed by atoms with van der Waals surface area (Å²) < 4.78 is 24.7. The van der Waals surface area contributed by atoms with Gasteiger partial charge in [-0.1, -0.05) is 11.6 Å². The maximum atomic E-state index is 12.3. The number of aryl methyl sites for hydroxylation is 2. The van der Waals surface area contributed by atoms with Crippen LogP contribution in [0.2, 0.25) is 5.02 Å². The van der Waals surface area contributed by atoms with Crippen molar-refractivity contribution in [1.82, 2.24) is 4.98 Å². The fourth-order valence-corrected chi connectivity index (χ4v) is 4.52. The molecule has 5 nitrogen and oxygen atoms in total. The maximum Gasteiger partial charge on any atom is 0.335 e. The van der Waals surface area contributed by atoms with E-state index in [1.807, 2.05) is 6.92 Å². The molecule has 0 fully saturated rings. The van der Waals surface area contributed by atoms with E-state index in [4.69, 9.17) is 16.7 Å². The molecule has 0 bridgehead atoms. The Balaban J connectivity index is 2.29. The van der Waals surface area contributed by atoms with Gasteiger partial charge in [0.1, 0.15) is 0 Å². The minimum atomic E-state index is -3.66. The van der Waals surface area contributed by atoms with Crippen LogP contribution in [0.5, 0.6) is 0 Å². The van der Waals surface area contributed by atoms with Gasteiger partial charge in [-0.3, -0.25) is 0 Å². The molecule has 0 spiro atoms. The second-order valence-corrected chi connectivity index (χ2v) is 7.80. The number of carbonyl (C=O) groups is 1. The largest absolute Gasteiger partial charge is 0.478 e. The second kappa shape index (κ2) is 6.13. The molecular weight excluding hydrogens is 334 g/mol. The van der Waals surface area contributed by atoms with Crippen molar-refractivity contribution in [3.63, 3.8) is 0 Å². The molecule has 8 heteroatoms. The van der Waals surface area contributed by atoms with Crippen molar-refractivity contribution < 1.29 is 18.3 Å². The van der Waals surface area contributed by atoms with Gasteiger partial charge in [0.2, 0.25) is 0 Å². The number of nitrogens with zero attached hydrogens (tertiary/aromatic N) is 1. The first-order chi connectivity index (χ1) is 9.81. The van der Waals surface area contributed by atoms with Crippen LogP contribution in [0.3, 0.4) is 0 Å². The molecule has 0 aliphatic heterocycles. The van der Waals surface area contributed by atoms with Crippen LogP contribution in [0.4, 0.5) is 0 Å². The predicted octanol–water partition coefficient (Wildman–Crippen LogP) is 2.82. The molecule has 2 rings (SSSR count). The normalized spacial score (nSPS) is 11.5. The Kier molecular flexibility index (Phi) is 4.65. The Labute approximate surface area is 131 Å². The van der Waals surface area contributed by atoms with E-state index in [1.165, 1.54) is 23.5 Å². The summed E-state index contributed by atoms with van der Waals surface area (Å²) in [7, 11) is -3.66. The van der Waals surface area contributed by atoms with E-state index >= 15 is 0 Å². The molecule has 0 aliphatic carbocycles. The van der Waals surface area contributed by atoms with Gasteiger partial charge < -0.3 is 5.11 Å². The van der Waals surface area contributed by atoms with Gasteiger partial charge >= 0.3 is 5.97 Å². The fourth-order valence-electron chi connectivity index (χ4n) is 1.78. The zero-order chi connectivity index (χ0) is 15.6. The summed E-state index contributed by atoms with van der Waals surface area (Å²) in [5.41, 5.74) is 2.36. The Morgan fingerprint density at radius 2 is 2.14 bits per heavy atom. The smallest absolute Gasteiger partial charge is 0.335 e. The quantitative estimate of drug-likeness (QED) is 0.900. The van der Waals surface area contributed by atoms with Crippen LogP contribution in [0.1, 0.15) is 20.9 Å². The highest BCUT2D eigenvalue weighted by atomic mass is 35.5. The van der Waals surface area contributed by atoms with Crippen molar-refractivity contribution >= 4 is 38.7 Å². The lowest BCUT2D eigenvalue weighted by atomic mass is 10.2. The van der Waals surface area contributed by atoms with Crippen molar-refractivity contribution in [3.8, 4) is 0 Å². The number of thiazole rings is 1. The molecule has 0 saturated heterocycles. The molecule has 1 aromatic heterocycles. The molecule has 21 heavy (non-hydrogen) atoms. The SMILES string of the molecule is Cc1ncsc1CCS(=O)(=O)c1cc(C(=O)O)ccc1Cl. The van der Waals surface area contributed by atoms with E-state index in [2.05, 4.69) is 4.98 Å². The number of hydrogen-bond donors (Lipinski definition) is 1. The van der Waals surface area contributed by atoms with E-state index < -0.39 is 15.8 Å². The molecule has 112 valence electrons. The Morgan fingerprint density at radius 1 is 1.43 bits per heavy atom. The van der Waals surface area contributed by atoms with E-state index in [-0.39, 0.29) is 21.2 Å². The van der Waals surface area contributed by atoms with Crippen LogP contribution < -0.4 is 0 Å². The van der Waals surface area contributed by atoms with Crippen molar-refractivity contribution in [3.05, 3.63) is 44.9 Å². The summed E-state index contributed by atoms with van der Waals surface area (Å²) >= 11 is 7.29. The number of halogens is 1. The number of rotatable bonds is 5. The number of aromatic nitrogens is 1. The average Bonchev–Trinajstić information content (AvgIpc) is 2.82. The highest BCUT2D eigenvalue weighted by Crippen LogP contribution is 2.25. The molecule has 0 amide bonds. The Hall–Kier alpha value is -1.44. The van der Waals surface area contributed by atoms with Crippen LogP contribution in [0.15, 0.2) is 28.6 Å². The van der Waals surface area contributed by atoms with Crippen LogP contribution in [0, 0.1) is 6.92 Å². The second-order valence-electron chi connectivity index (χ2n) is 4.38. The minimum Gasteiger partial charge on any atom is -0.478 e. The first-order valence-corrected chi connectivity index (χ1v) is 8.87. The van der Waals surface area contributed by atoms with Gasteiger partial charge in [-0.15, -0.1) is 11.3 Å². The summed E-state index contributed by atoms with van der Waals surface area (Å²) in [6, 6.07) is 3.66. The van der Waals surface area contributed by atoms with Crippen LogP contribution >= 0.6 is 22.9 Å². The number of sulfone groups is 1. The predicted molar refractivity (Wildman–Crippen MR) is 81.0 cm³/mol. The standard InChI is InChI=1S/C13H12ClNO4S2/c1-8-11(20-7-15-8)4-5-21(18,19)12-6-9(13(16)17)2-3-10(12)14/h2-3,6-7H,4-5H2,1H3,(H,16,17). The molecule has 0 radical (unpaired) electrons. The van der Waals surface area contributed by atoms with E-state index in [0.717, 1.165) is 16.6 Å². The molecule has 0 unspecified atom stereocenters.